The van der Waals surface area contributed by atoms with Crippen LogP contribution in [0.5, 0.6) is 5.75 Å². The summed E-state index contributed by atoms with van der Waals surface area (Å²) in [6, 6.07) is 14.6. The van der Waals surface area contributed by atoms with Crippen LogP contribution in [0.3, 0.4) is 0 Å². The second kappa shape index (κ2) is 13.2. The van der Waals surface area contributed by atoms with E-state index in [0.717, 1.165) is 24.3 Å². The topological polar surface area (TPSA) is 242 Å². The van der Waals surface area contributed by atoms with E-state index in [1.165, 1.54) is 24.3 Å². The molecule has 0 unspecified atom stereocenters. The molecular formula is C23H20Cl2FN5O9S3. The van der Waals surface area contributed by atoms with Gasteiger partial charge >= 0.3 is 20.6 Å². The molecule has 3 aromatic carbocycles. The summed E-state index contributed by atoms with van der Waals surface area (Å²) in [4.78, 5) is 7.34. The van der Waals surface area contributed by atoms with Gasteiger partial charge in [0, 0.05) is 11.3 Å². The molecule has 0 bridgehead atoms. The zero-order chi connectivity index (χ0) is 32.2. The van der Waals surface area contributed by atoms with Gasteiger partial charge < -0.3 is 16.2 Å². The third-order valence-electron chi connectivity index (χ3n) is 5.14. The summed E-state index contributed by atoms with van der Waals surface area (Å²) in [5, 5.41) is 0.678. The smallest absolute Gasteiger partial charge is 0.394 e. The third kappa shape index (κ3) is 9.89. The van der Waals surface area contributed by atoms with E-state index in [2.05, 4.69) is 14.7 Å². The maximum atomic E-state index is 13.0. The van der Waals surface area contributed by atoms with Gasteiger partial charge in [-0.2, -0.15) is 21.8 Å². The normalized spacial score (nSPS) is 11.7. The summed E-state index contributed by atoms with van der Waals surface area (Å²) in [5.41, 5.74) is 13.5. The van der Waals surface area contributed by atoms with Crippen LogP contribution in [0.15, 0.2) is 76.5 Å². The molecule has 7 N–H and O–H groups in total. The van der Waals surface area contributed by atoms with E-state index in [1.807, 2.05) is 0 Å². The molecule has 0 fully saturated rings. The Morgan fingerprint density at radius 2 is 1.37 bits per heavy atom. The number of rotatable bonds is 8. The molecule has 0 spiro atoms. The molecule has 1 heterocycles. The van der Waals surface area contributed by atoms with Gasteiger partial charge in [0.15, 0.2) is 0 Å². The van der Waals surface area contributed by atoms with Crippen LogP contribution in [0, 0.1) is 0 Å². The molecule has 0 aliphatic heterocycles. The van der Waals surface area contributed by atoms with Gasteiger partial charge in [0.1, 0.15) is 18.2 Å². The van der Waals surface area contributed by atoms with E-state index >= 15 is 0 Å². The van der Waals surface area contributed by atoms with Crippen molar-refractivity contribution in [1.82, 2.24) is 9.97 Å². The number of hydrogen-bond donors (Lipinski definition) is 5. The summed E-state index contributed by atoms with van der Waals surface area (Å²) in [7, 11) is -13.7. The number of aromatic nitrogens is 2. The van der Waals surface area contributed by atoms with Crippen LogP contribution in [0.25, 0.3) is 11.1 Å². The van der Waals surface area contributed by atoms with Gasteiger partial charge in [-0.3, -0.25) is 13.8 Å². The minimum absolute atomic E-state index is 0.0492. The largest absolute Gasteiger partial charge is 0.487 e. The molecule has 0 atom stereocenters. The Morgan fingerprint density at radius 1 is 0.814 bits per heavy atom. The lowest BCUT2D eigenvalue weighted by atomic mass is 10.0. The minimum Gasteiger partial charge on any atom is -0.487 e. The molecule has 0 amide bonds. The average molecular weight is 697 g/mol. The molecule has 14 nitrogen and oxygen atoms in total. The third-order valence-corrected chi connectivity index (χ3v) is 8.11. The first kappa shape index (κ1) is 33.7. The number of nitrogens with zero attached hydrogens (tertiary/aromatic N) is 2. The maximum absolute atomic E-state index is 13.0. The molecular weight excluding hydrogens is 676 g/mol. The van der Waals surface area contributed by atoms with Gasteiger partial charge in [-0.25, -0.2) is 13.4 Å². The zero-order valence-electron chi connectivity index (χ0n) is 21.2. The molecule has 1 aromatic heterocycles. The molecule has 20 heteroatoms. The van der Waals surface area contributed by atoms with Crippen LogP contribution in [-0.4, -0.2) is 44.3 Å². The van der Waals surface area contributed by atoms with Crippen molar-refractivity contribution in [3.63, 3.8) is 0 Å². The Hall–Kier alpha value is -3.78. The number of nitrogens with one attached hydrogen (secondary N) is 1. The maximum Gasteiger partial charge on any atom is 0.394 e. The van der Waals surface area contributed by atoms with Gasteiger partial charge in [-0.15, -0.1) is 3.89 Å². The lowest BCUT2D eigenvalue weighted by molar-refractivity contribution is 0.302. The van der Waals surface area contributed by atoms with Gasteiger partial charge in [0.2, 0.25) is 5.95 Å². The van der Waals surface area contributed by atoms with Crippen molar-refractivity contribution in [2.24, 2.45) is 0 Å². The van der Waals surface area contributed by atoms with Crippen molar-refractivity contribution in [3.8, 4) is 16.9 Å². The second-order valence-electron chi connectivity index (χ2n) is 8.19. The number of ether oxygens (including phenoxy) is 1. The Kier molecular flexibility index (Phi) is 10.4. The van der Waals surface area contributed by atoms with E-state index in [4.69, 9.17) is 56.9 Å². The molecule has 0 radical (unpaired) electrons. The Bertz CT molecular complexity index is 1960. The fraction of sp³-hybridized carbons (Fsp3) is 0.0435. The van der Waals surface area contributed by atoms with E-state index < -0.39 is 35.5 Å². The van der Waals surface area contributed by atoms with Crippen molar-refractivity contribution in [1.29, 1.82) is 0 Å². The van der Waals surface area contributed by atoms with Crippen molar-refractivity contribution in [3.05, 3.63) is 82.5 Å². The van der Waals surface area contributed by atoms with Crippen molar-refractivity contribution >= 4 is 71.3 Å². The highest BCUT2D eigenvalue weighted by molar-refractivity contribution is 7.92. The highest BCUT2D eigenvalue weighted by atomic mass is 35.5. The summed E-state index contributed by atoms with van der Waals surface area (Å²) in [6.45, 7) is -0.0542. The zero-order valence-corrected chi connectivity index (χ0v) is 25.2. The first-order chi connectivity index (χ1) is 19.8. The van der Waals surface area contributed by atoms with Crippen molar-refractivity contribution < 1.29 is 43.0 Å². The highest BCUT2D eigenvalue weighted by Crippen LogP contribution is 2.33. The molecule has 230 valence electrons. The minimum atomic E-state index is -4.94. The number of anilines is 3. The molecule has 43 heavy (non-hydrogen) atoms. The average Bonchev–Trinajstić information content (AvgIpc) is 2.88. The van der Waals surface area contributed by atoms with Crippen LogP contribution in [0.2, 0.25) is 10.0 Å². The van der Waals surface area contributed by atoms with Gasteiger partial charge in [0.05, 0.1) is 25.5 Å². The number of benzene rings is 3. The summed E-state index contributed by atoms with van der Waals surface area (Å²) < 4.78 is 99.9. The van der Waals surface area contributed by atoms with Gasteiger partial charge in [-0.05, 0) is 66.2 Å². The van der Waals surface area contributed by atoms with Crippen LogP contribution < -0.4 is 20.9 Å². The quantitative estimate of drug-likeness (QED) is 0.129. The molecule has 0 aliphatic rings. The first-order valence-electron chi connectivity index (χ1n) is 11.2. The number of nitrogen functional groups attached to an aromatic ring is 2. The molecule has 0 aliphatic carbocycles. The Morgan fingerprint density at radius 3 is 1.91 bits per heavy atom. The lowest BCUT2D eigenvalue weighted by Crippen LogP contribution is -2.13. The van der Waals surface area contributed by atoms with Crippen LogP contribution in [0.1, 0.15) is 5.69 Å². The predicted molar refractivity (Wildman–Crippen MR) is 157 cm³/mol. The van der Waals surface area contributed by atoms with E-state index in [9.17, 15) is 20.7 Å². The Balaban J connectivity index is 0.000000934. The molecule has 4 aromatic rings. The van der Waals surface area contributed by atoms with Crippen LogP contribution in [0.4, 0.5) is 21.3 Å². The fourth-order valence-electron chi connectivity index (χ4n) is 3.38. The fourth-order valence-corrected chi connectivity index (χ4v) is 5.20. The molecule has 0 saturated carbocycles. The van der Waals surface area contributed by atoms with E-state index in [-0.39, 0.29) is 29.0 Å². The van der Waals surface area contributed by atoms with E-state index in [0.29, 0.717) is 32.6 Å². The summed E-state index contributed by atoms with van der Waals surface area (Å²) in [5.74, 6) is 0.449. The Labute approximate surface area is 255 Å². The summed E-state index contributed by atoms with van der Waals surface area (Å²) >= 11 is 12.1. The van der Waals surface area contributed by atoms with Crippen LogP contribution >= 0.6 is 23.2 Å². The molecule has 4 rings (SSSR count). The van der Waals surface area contributed by atoms with E-state index in [1.54, 1.807) is 18.2 Å². The monoisotopic (exact) mass is 695 g/mol. The predicted octanol–water partition coefficient (Wildman–Crippen LogP) is 4.00. The number of hydrogen-bond acceptors (Lipinski definition) is 11. The van der Waals surface area contributed by atoms with Gasteiger partial charge in [-0.1, -0.05) is 29.3 Å². The SMILES string of the molecule is Nc1nc(N)c(-c2ccc(Cl)c(Cl)c2)c(COc2ccc(NS(=O)(=O)c3ccc(S(=O)(=O)F)cc3)cc2)n1.O=S(=O)(O)O. The van der Waals surface area contributed by atoms with Crippen molar-refractivity contribution in [2.75, 3.05) is 16.2 Å². The number of nitrogens with two attached hydrogens (primary N) is 2. The lowest BCUT2D eigenvalue weighted by Gasteiger charge is -2.14. The standard InChI is InChI=1S/C23H18Cl2FN5O5S2.H2O4S/c24-18-10-1-13(11-19(18)25)21-20(29-23(28)30-22(21)27)12-36-15-4-2-14(3-5-15)31-38(34,35)17-8-6-16(7-9-17)37(26,32)33;1-5(2,3)4/h1-11,31H,12H2,(H4,27,28,29,30);(H2,1,2,3,4). The highest BCUT2D eigenvalue weighted by Gasteiger charge is 2.18. The first-order valence-corrected chi connectivity index (χ1v) is 16.2. The second-order valence-corrected chi connectivity index (χ2v) is 12.9. The van der Waals surface area contributed by atoms with Gasteiger partial charge in [0.25, 0.3) is 10.0 Å². The number of sulfonamides is 1. The molecule has 0 saturated heterocycles. The van der Waals surface area contributed by atoms with Crippen LogP contribution in [-0.2, 0) is 37.3 Å². The summed E-state index contributed by atoms with van der Waals surface area (Å²) in [6.07, 6.45) is 0. The number of halogens is 3. The van der Waals surface area contributed by atoms with Crippen molar-refractivity contribution in [2.45, 2.75) is 16.4 Å².